The van der Waals surface area contributed by atoms with E-state index in [-0.39, 0.29) is 0 Å². The van der Waals surface area contributed by atoms with Crippen LogP contribution in [0.25, 0.3) is 0 Å². The molecule has 0 amide bonds. The Morgan fingerprint density at radius 3 is 2.89 bits per heavy atom. The van der Waals surface area contributed by atoms with Crippen molar-refractivity contribution in [3.05, 3.63) is 24.3 Å². The molecule has 18 heavy (non-hydrogen) atoms. The first-order chi connectivity index (χ1) is 8.69. The summed E-state index contributed by atoms with van der Waals surface area (Å²) in [6.45, 7) is 4.61. The van der Waals surface area contributed by atoms with E-state index in [1.807, 2.05) is 18.2 Å². The summed E-state index contributed by atoms with van der Waals surface area (Å²) in [5, 5.41) is 13.2. The molecule has 2 heteroatoms. The fourth-order valence-electron chi connectivity index (χ4n) is 3.15. The van der Waals surface area contributed by atoms with Gasteiger partial charge in [-0.3, -0.25) is 0 Å². The van der Waals surface area contributed by atoms with Crippen molar-refractivity contribution in [2.75, 3.05) is 5.32 Å². The second kappa shape index (κ2) is 6.12. The van der Waals surface area contributed by atoms with Gasteiger partial charge in [0, 0.05) is 17.8 Å². The van der Waals surface area contributed by atoms with Crippen LogP contribution in [0.4, 0.5) is 5.69 Å². The molecule has 2 nitrogen and oxygen atoms in total. The maximum atomic E-state index is 9.52. The number of hydrogen-bond acceptors (Lipinski definition) is 2. The van der Waals surface area contributed by atoms with Crippen molar-refractivity contribution in [2.24, 2.45) is 11.8 Å². The lowest BCUT2D eigenvalue weighted by molar-refractivity contribution is 0.251. The number of phenols is 1. The molecule has 1 aliphatic rings. The summed E-state index contributed by atoms with van der Waals surface area (Å²) >= 11 is 0. The molecule has 3 unspecified atom stereocenters. The minimum Gasteiger partial charge on any atom is -0.508 e. The van der Waals surface area contributed by atoms with Crippen LogP contribution >= 0.6 is 0 Å². The van der Waals surface area contributed by atoms with E-state index in [2.05, 4.69) is 19.2 Å². The lowest BCUT2D eigenvalue weighted by Crippen LogP contribution is -2.35. The monoisotopic (exact) mass is 247 g/mol. The summed E-state index contributed by atoms with van der Waals surface area (Å²) in [6, 6.07) is 8.05. The molecule has 0 saturated heterocycles. The van der Waals surface area contributed by atoms with Gasteiger partial charge in [-0.25, -0.2) is 0 Å². The minimum absolute atomic E-state index is 0.343. The molecule has 0 heterocycles. The Kier molecular flexibility index (Phi) is 4.51. The van der Waals surface area contributed by atoms with Crippen LogP contribution in [-0.4, -0.2) is 11.1 Å². The molecule has 1 saturated carbocycles. The number of nitrogens with one attached hydrogen (secondary N) is 1. The Morgan fingerprint density at radius 2 is 2.17 bits per heavy atom. The third-order valence-electron chi connectivity index (χ3n) is 4.11. The van der Waals surface area contributed by atoms with Crippen LogP contribution in [0.2, 0.25) is 0 Å². The smallest absolute Gasteiger partial charge is 0.117 e. The Hall–Kier alpha value is -1.18. The van der Waals surface area contributed by atoms with Crippen molar-refractivity contribution < 1.29 is 5.11 Å². The molecule has 0 bridgehead atoms. The highest BCUT2D eigenvalue weighted by Gasteiger charge is 2.27. The molecule has 3 atom stereocenters. The lowest BCUT2D eigenvalue weighted by atomic mass is 9.77. The number of benzene rings is 1. The molecule has 0 aliphatic heterocycles. The number of anilines is 1. The molecule has 2 N–H and O–H groups in total. The predicted octanol–water partition coefficient (Wildman–Crippen LogP) is 4.41. The van der Waals surface area contributed by atoms with Crippen LogP contribution in [0.3, 0.4) is 0 Å². The zero-order chi connectivity index (χ0) is 13.0. The standard InChI is InChI=1S/C16H25NO/c1-3-5-13-9-8-12(2)10-16(13)17-14-6-4-7-15(18)11-14/h4,6-7,11-13,16-18H,3,5,8-10H2,1-2H3. The molecule has 1 aromatic carbocycles. The number of rotatable bonds is 4. The number of hydrogen-bond donors (Lipinski definition) is 2. The molecular formula is C16H25NO. The first-order valence-electron chi connectivity index (χ1n) is 7.24. The van der Waals surface area contributed by atoms with Gasteiger partial charge in [0.15, 0.2) is 0 Å². The van der Waals surface area contributed by atoms with E-state index in [1.54, 1.807) is 6.07 Å². The molecule has 0 aromatic heterocycles. The van der Waals surface area contributed by atoms with Crippen LogP contribution in [0, 0.1) is 11.8 Å². The van der Waals surface area contributed by atoms with E-state index in [9.17, 15) is 5.11 Å². The highest BCUT2D eigenvalue weighted by Crippen LogP contribution is 2.34. The largest absolute Gasteiger partial charge is 0.508 e. The van der Waals surface area contributed by atoms with Gasteiger partial charge in [-0.2, -0.15) is 0 Å². The first kappa shape index (κ1) is 13.3. The zero-order valence-electron chi connectivity index (χ0n) is 11.5. The van der Waals surface area contributed by atoms with Gasteiger partial charge in [-0.15, -0.1) is 0 Å². The quantitative estimate of drug-likeness (QED) is 0.826. The van der Waals surface area contributed by atoms with E-state index in [0.29, 0.717) is 11.8 Å². The van der Waals surface area contributed by atoms with Crippen molar-refractivity contribution in [3.63, 3.8) is 0 Å². The SMILES string of the molecule is CCCC1CCC(C)CC1Nc1cccc(O)c1. The molecule has 0 spiro atoms. The third kappa shape index (κ3) is 3.41. The Balaban J connectivity index is 2.03. The molecule has 1 aliphatic carbocycles. The van der Waals surface area contributed by atoms with E-state index < -0.39 is 0 Å². The number of phenolic OH excluding ortho intramolecular Hbond substituents is 1. The summed E-state index contributed by atoms with van der Waals surface area (Å²) in [6.07, 6.45) is 6.52. The Labute approximate surface area is 110 Å². The summed E-state index contributed by atoms with van der Waals surface area (Å²) in [5.74, 6) is 1.94. The van der Waals surface area contributed by atoms with Crippen LogP contribution < -0.4 is 5.32 Å². The molecule has 1 fully saturated rings. The highest BCUT2D eigenvalue weighted by molar-refractivity contribution is 5.48. The normalized spacial score (nSPS) is 28.0. The first-order valence-corrected chi connectivity index (χ1v) is 7.24. The van der Waals surface area contributed by atoms with Crippen molar-refractivity contribution >= 4 is 5.69 Å². The molecule has 100 valence electrons. The van der Waals surface area contributed by atoms with Crippen LogP contribution in [0.15, 0.2) is 24.3 Å². The van der Waals surface area contributed by atoms with E-state index in [1.165, 1.54) is 32.1 Å². The summed E-state index contributed by atoms with van der Waals surface area (Å²) in [5.41, 5.74) is 1.05. The molecule has 2 rings (SSSR count). The Bertz CT molecular complexity index is 377. The molecule has 1 aromatic rings. The summed E-state index contributed by atoms with van der Waals surface area (Å²) in [4.78, 5) is 0. The maximum absolute atomic E-state index is 9.52. The van der Waals surface area contributed by atoms with Gasteiger partial charge in [0.25, 0.3) is 0 Å². The average molecular weight is 247 g/mol. The molecular weight excluding hydrogens is 222 g/mol. The van der Waals surface area contributed by atoms with Gasteiger partial charge in [-0.1, -0.05) is 32.8 Å². The van der Waals surface area contributed by atoms with Crippen molar-refractivity contribution in [1.29, 1.82) is 0 Å². The van der Waals surface area contributed by atoms with Gasteiger partial charge in [0.2, 0.25) is 0 Å². The maximum Gasteiger partial charge on any atom is 0.117 e. The van der Waals surface area contributed by atoms with Gasteiger partial charge in [-0.05, 0) is 43.2 Å². The van der Waals surface area contributed by atoms with Gasteiger partial charge in [0.05, 0.1) is 0 Å². The number of aromatic hydroxyl groups is 1. The van der Waals surface area contributed by atoms with E-state index in [0.717, 1.165) is 17.5 Å². The van der Waals surface area contributed by atoms with Crippen LogP contribution in [0.5, 0.6) is 5.75 Å². The second-order valence-corrected chi connectivity index (χ2v) is 5.77. The van der Waals surface area contributed by atoms with Crippen molar-refractivity contribution in [3.8, 4) is 5.75 Å². The van der Waals surface area contributed by atoms with Crippen LogP contribution in [0.1, 0.15) is 46.0 Å². The highest BCUT2D eigenvalue weighted by atomic mass is 16.3. The van der Waals surface area contributed by atoms with E-state index >= 15 is 0 Å². The van der Waals surface area contributed by atoms with Gasteiger partial charge >= 0.3 is 0 Å². The summed E-state index contributed by atoms with van der Waals surface area (Å²) in [7, 11) is 0. The second-order valence-electron chi connectivity index (χ2n) is 5.77. The third-order valence-corrected chi connectivity index (χ3v) is 4.11. The van der Waals surface area contributed by atoms with E-state index in [4.69, 9.17) is 0 Å². The predicted molar refractivity (Wildman–Crippen MR) is 76.9 cm³/mol. The van der Waals surface area contributed by atoms with Crippen molar-refractivity contribution in [1.82, 2.24) is 0 Å². The zero-order valence-corrected chi connectivity index (χ0v) is 11.5. The molecule has 0 radical (unpaired) electrons. The van der Waals surface area contributed by atoms with Crippen molar-refractivity contribution in [2.45, 2.75) is 52.0 Å². The van der Waals surface area contributed by atoms with Gasteiger partial charge in [0.1, 0.15) is 5.75 Å². The Morgan fingerprint density at radius 1 is 1.33 bits per heavy atom. The minimum atomic E-state index is 0.343. The fraction of sp³-hybridized carbons (Fsp3) is 0.625. The average Bonchev–Trinajstić information content (AvgIpc) is 2.33. The lowest BCUT2D eigenvalue weighted by Gasteiger charge is -2.36. The fourth-order valence-corrected chi connectivity index (χ4v) is 3.15. The topological polar surface area (TPSA) is 32.3 Å². The van der Waals surface area contributed by atoms with Crippen LogP contribution in [-0.2, 0) is 0 Å². The summed E-state index contributed by atoms with van der Waals surface area (Å²) < 4.78 is 0. The van der Waals surface area contributed by atoms with Gasteiger partial charge < -0.3 is 10.4 Å².